The van der Waals surface area contributed by atoms with E-state index in [2.05, 4.69) is 21.7 Å². The molecule has 0 fully saturated rings. The van der Waals surface area contributed by atoms with E-state index in [1.165, 1.54) is 24.3 Å². The van der Waals surface area contributed by atoms with Crippen LogP contribution < -0.4 is 31.2 Å². The smallest absolute Gasteiger partial charge is 0.276 e. The summed E-state index contributed by atoms with van der Waals surface area (Å²) in [5.74, 6) is -1.52. The van der Waals surface area contributed by atoms with Gasteiger partial charge in [0.2, 0.25) is 11.8 Å². The van der Waals surface area contributed by atoms with Crippen LogP contribution in [-0.4, -0.2) is 36.8 Å². The standard InChI is InChI=1S/C22H22Cl4N4O6/c23-13-5-7-17(15(25)9-13)35-11-21(33)29-27-19(31)3-1-2-4-20(32)28-30-22(34)12-36-18-8-6-14(24)10-16(18)26/h5-10H,1-4,11-12H2,(H,27,31)(H,28,32)(H,29,33)(H,30,34). The van der Waals surface area contributed by atoms with Crippen LogP contribution in [0.25, 0.3) is 0 Å². The van der Waals surface area contributed by atoms with E-state index in [9.17, 15) is 19.2 Å². The maximum atomic E-state index is 11.8. The zero-order valence-corrected chi connectivity index (χ0v) is 21.7. The van der Waals surface area contributed by atoms with Crippen LogP contribution in [0.15, 0.2) is 36.4 Å². The largest absolute Gasteiger partial charge is 0.482 e. The third-order valence-corrected chi connectivity index (χ3v) is 5.31. The van der Waals surface area contributed by atoms with Gasteiger partial charge in [0.05, 0.1) is 10.0 Å². The van der Waals surface area contributed by atoms with Crippen molar-refractivity contribution in [2.75, 3.05) is 13.2 Å². The molecule has 14 heteroatoms. The zero-order chi connectivity index (χ0) is 26.5. The maximum absolute atomic E-state index is 11.8. The minimum atomic E-state index is -0.591. The number of carbonyl (C=O) groups is 4. The summed E-state index contributed by atoms with van der Waals surface area (Å²) in [6.45, 7) is -0.739. The fraction of sp³-hybridized carbons (Fsp3) is 0.273. The minimum absolute atomic E-state index is 0.0689. The molecule has 4 amide bonds. The second-order valence-electron chi connectivity index (χ2n) is 7.13. The molecule has 0 heterocycles. The Morgan fingerprint density at radius 2 is 0.944 bits per heavy atom. The highest BCUT2D eigenvalue weighted by Gasteiger charge is 2.10. The number of unbranched alkanes of at least 4 members (excludes halogenated alkanes) is 1. The third-order valence-electron chi connectivity index (χ3n) is 4.25. The molecular weight excluding hydrogens is 558 g/mol. The lowest BCUT2D eigenvalue weighted by molar-refractivity contribution is -0.130. The molecular formula is C22H22Cl4N4O6. The summed E-state index contributed by atoms with van der Waals surface area (Å²) in [5, 5.41) is 1.35. The number of amides is 4. The normalized spacial score (nSPS) is 10.2. The lowest BCUT2D eigenvalue weighted by Crippen LogP contribution is -2.44. The van der Waals surface area contributed by atoms with E-state index in [1.807, 2.05) is 0 Å². The topological polar surface area (TPSA) is 135 Å². The molecule has 2 rings (SSSR count). The van der Waals surface area contributed by atoms with Gasteiger partial charge in [-0.1, -0.05) is 46.4 Å². The lowest BCUT2D eigenvalue weighted by Gasteiger charge is -2.10. The molecule has 0 aliphatic rings. The second kappa shape index (κ2) is 15.2. The van der Waals surface area contributed by atoms with Gasteiger partial charge < -0.3 is 9.47 Å². The summed E-state index contributed by atoms with van der Waals surface area (Å²) in [6.07, 6.45) is 0.884. The molecule has 0 saturated heterocycles. The van der Waals surface area contributed by atoms with Crippen molar-refractivity contribution < 1.29 is 28.7 Å². The Morgan fingerprint density at radius 3 is 1.31 bits per heavy atom. The first-order valence-electron chi connectivity index (χ1n) is 10.4. The molecule has 0 bridgehead atoms. The van der Waals surface area contributed by atoms with E-state index in [1.54, 1.807) is 12.1 Å². The van der Waals surface area contributed by atoms with Crippen LogP contribution in [0.5, 0.6) is 11.5 Å². The highest BCUT2D eigenvalue weighted by molar-refractivity contribution is 6.36. The molecule has 0 aliphatic carbocycles. The predicted molar refractivity (Wildman–Crippen MR) is 135 cm³/mol. The van der Waals surface area contributed by atoms with Crippen molar-refractivity contribution in [3.05, 3.63) is 56.5 Å². The van der Waals surface area contributed by atoms with Crippen molar-refractivity contribution in [2.24, 2.45) is 0 Å². The average molecular weight is 580 g/mol. The fourth-order valence-corrected chi connectivity index (χ4v) is 3.44. The first kappa shape index (κ1) is 29.3. The van der Waals surface area contributed by atoms with E-state index < -0.39 is 23.6 Å². The number of hydrogen-bond acceptors (Lipinski definition) is 6. The number of rotatable bonds is 11. The van der Waals surface area contributed by atoms with E-state index >= 15 is 0 Å². The Bertz CT molecular complexity index is 1020. The van der Waals surface area contributed by atoms with Gasteiger partial charge in [-0.2, -0.15) is 0 Å². The van der Waals surface area contributed by atoms with Gasteiger partial charge >= 0.3 is 0 Å². The third kappa shape index (κ3) is 11.2. The van der Waals surface area contributed by atoms with E-state index in [4.69, 9.17) is 55.9 Å². The van der Waals surface area contributed by atoms with Crippen molar-refractivity contribution in [3.8, 4) is 11.5 Å². The molecule has 0 saturated carbocycles. The summed E-state index contributed by atoms with van der Waals surface area (Å²) >= 11 is 23.5. The molecule has 0 spiro atoms. The van der Waals surface area contributed by atoms with Gasteiger partial charge in [0.25, 0.3) is 11.8 Å². The monoisotopic (exact) mass is 578 g/mol. The lowest BCUT2D eigenvalue weighted by atomic mass is 10.2. The van der Waals surface area contributed by atoms with Gasteiger partial charge in [0.1, 0.15) is 11.5 Å². The molecule has 194 valence electrons. The number of nitrogens with one attached hydrogen (secondary N) is 4. The van der Waals surface area contributed by atoms with Crippen LogP contribution in [0.4, 0.5) is 0 Å². The number of ether oxygens (including phenoxy) is 2. The minimum Gasteiger partial charge on any atom is -0.482 e. The van der Waals surface area contributed by atoms with Crippen LogP contribution in [0.2, 0.25) is 20.1 Å². The molecule has 2 aromatic rings. The van der Waals surface area contributed by atoms with Crippen molar-refractivity contribution in [1.29, 1.82) is 0 Å². The first-order chi connectivity index (χ1) is 17.1. The van der Waals surface area contributed by atoms with Gasteiger partial charge in [-0.15, -0.1) is 0 Å². The SMILES string of the molecule is O=C(CCCCC(=O)NNC(=O)COc1ccc(Cl)cc1Cl)NNC(=O)COc1ccc(Cl)cc1Cl. The Hall–Kier alpha value is -2.92. The Balaban J connectivity index is 1.52. The van der Waals surface area contributed by atoms with E-state index in [0.717, 1.165) is 0 Å². The molecule has 10 nitrogen and oxygen atoms in total. The van der Waals surface area contributed by atoms with Crippen molar-refractivity contribution in [2.45, 2.75) is 25.7 Å². The predicted octanol–water partition coefficient (Wildman–Crippen LogP) is 3.61. The Kier molecular flexibility index (Phi) is 12.4. The Labute approximate surface area is 226 Å². The number of hydrazine groups is 2. The molecule has 0 aliphatic heterocycles. The molecule has 2 aromatic carbocycles. The van der Waals surface area contributed by atoms with E-state index in [0.29, 0.717) is 22.9 Å². The van der Waals surface area contributed by atoms with Gasteiger partial charge in [0, 0.05) is 22.9 Å². The molecule has 4 N–H and O–H groups in total. The molecule has 0 radical (unpaired) electrons. The average Bonchev–Trinajstić information content (AvgIpc) is 2.83. The van der Waals surface area contributed by atoms with Gasteiger partial charge in [-0.3, -0.25) is 40.9 Å². The molecule has 0 unspecified atom stereocenters. The number of hydrogen-bond donors (Lipinski definition) is 4. The quantitative estimate of drug-likeness (QED) is 0.237. The highest BCUT2D eigenvalue weighted by atomic mass is 35.5. The summed E-state index contributed by atoms with van der Waals surface area (Å²) < 4.78 is 10.5. The summed E-state index contributed by atoms with van der Waals surface area (Å²) in [5.41, 5.74) is 8.91. The van der Waals surface area contributed by atoms with Crippen molar-refractivity contribution >= 4 is 70.0 Å². The Morgan fingerprint density at radius 1 is 0.583 bits per heavy atom. The van der Waals surface area contributed by atoms with Gasteiger partial charge in [-0.25, -0.2) is 0 Å². The number of benzene rings is 2. The molecule has 0 atom stereocenters. The molecule has 36 heavy (non-hydrogen) atoms. The van der Waals surface area contributed by atoms with Crippen LogP contribution in [0.1, 0.15) is 25.7 Å². The second-order valence-corrected chi connectivity index (χ2v) is 8.81. The summed E-state index contributed by atoms with van der Waals surface area (Å²) in [6, 6.07) is 9.10. The van der Waals surface area contributed by atoms with Crippen LogP contribution in [0.3, 0.4) is 0 Å². The van der Waals surface area contributed by atoms with Gasteiger partial charge in [-0.05, 0) is 49.2 Å². The van der Waals surface area contributed by atoms with Crippen LogP contribution >= 0.6 is 46.4 Å². The van der Waals surface area contributed by atoms with E-state index in [-0.39, 0.29) is 47.6 Å². The highest BCUT2D eigenvalue weighted by Crippen LogP contribution is 2.28. The zero-order valence-electron chi connectivity index (χ0n) is 18.7. The number of halogens is 4. The van der Waals surface area contributed by atoms with Crippen LogP contribution in [0, 0.1) is 0 Å². The fourth-order valence-electron chi connectivity index (χ4n) is 2.52. The van der Waals surface area contributed by atoms with Crippen LogP contribution in [-0.2, 0) is 19.2 Å². The summed E-state index contributed by atoms with van der Waals surface area (Å²) in [4.78, 5) is 47.2. The maximum Gasteiger partial charge on any atom is 0.276 e. The van der Waals surface area contributed by atoms with Crippen molar-refractivity contribution in [1.82, 2.24) is 21.7 Å². The first-order valence-corrected chi connectivity index (χ1v) is 12.0. The van der Waals surface area contributed by atoms with Gasteiger partial charge in [0.15, 0.2) is 13.2 Å². The number of carbonyl (C=O) groups excluding carboxylic acids is 4. The summed E-state index contributed by atoms with van der Waals surface area (Å²) in [7, 11) is 0. The molecule has 0 aromatic heterocycles. The van der Waals surface area contributed by atoms with Crippen molar-refractivity contribution in [3.63, 3.8) is 0 Å².